The van der Waals surface area contributed by atoms with E-state index in [0.29, 0.717) is 16.2 Å². The van der Waals surface area contributed by atoms with Crippen LogP contribution >= 0.6 is 23.2 Å². The van der Waals surface area contributed by atoms with Gasteiger partial charge in [0, 0.05) is 15.4 Å². The third-order valence-electron chi connectivity index (χ3n) is 4.37. The van der Waals surface area contributed by atoms with Gasteiger partial charge in [-0.25, -0.2) is 0 Å². The topological polar surface area (TPSA) is 46.5 Å². The van der Waals surface area contributed by atoms with Gasteiger partial charge < -0.3 is 9.84 Å². The Balaban J connectivity index is 2.30. The van der Waals surface area contributed by atoms with Gasteiger partial charge in [-0.3, -0.25) is 4.79 Å². The molecule has 148 valence electrons. The number of carbonyl (C=O) groups excluding carboxylic acids is 1. The van der Waals surface area contributed by atoms with Gasteiger partial charge in [0.2, 0.25) is 0 Å². The van der Waals surface area contributed by atoms with Crippen molar-refractivity contribution in [3.8, 4) is 0 Å². The number of benzene rings is 3. The lowest BCUT2D eigenvalue weighted by Crippen LogP contribution is -2.11. The molecule has 0 aliphatic carbocycles. The summed E-state index contributed by atoms with van der Waals surface area (Å²) < 4.78 is 44.5. The molecule has 0 saturated carbocycles. The van der Waals surface area contributed by atoms with E-state index in [1.807, 2.05) is 0 Å². The fourth-order valence-electron chi connectivity index (χ4n) is 3.15. The van der Waals surface area contributed by atoms with E-state index in [1.165, 1.54) is 18.2 Å². The van der Waals surface area contributed by atoms with Crippen LogP contribution in [0.25, 0.3) is 21.5 Å². The van der Waals surface area contributed by atoms with E-state index < -0.39 is 23.8 Å². The number of rotatable bonds is 4. The number of hydrogen-bond donors (Lipinski definition) is 1. The van der Waals surface area contributed by atoms with E-state index in [9.17, 15) is 23.1 Å². The summed E-state index contributed by atoms with van der Waals surface area (Å²) in [6.07, 6.45) is -6.14. The van der Waals surface area contributed by atoms with Crippen molar-refractivity contribution in [2.75, 3.05) is 6.61 Å². The Kier molecular flexibility index (Phi) is 5.75. The van der Waals surface area contributed by atoms with Crippen molar-refractivity contribution in [3.63, 3.8) is 0 Å². The molecular weight excluding hydrogens is 416 g/mol. The monoisotopic (exact) mass is 430 g/mol. The van der Waals surface area contributed by atoms with Crippen LogP contribution in [0.1, 0.15) is 30.6 Å². The largest absolute Gasteiger partial charge is 0.466 e. The second kappa shape index (κ2) is 7.78. The summed E-state index contributed by atoms with van der Waals surface area (Å²) in [5.41, 5.74) is -0.553. The summed E-state index contributed by atoms with van der Waals surface area (Å²) in [5, 5.41) is 12.5. The number of aliphatic hydroxyl groups is 1. The standard InChI is InChI=1S/C20H15Cl2F3O3/c1-2-28-19(27)9-18(26)16-8-15-14(6-11(21)7-17(15)22)13-5-10(20(23,24)25)3-4-12(13)16/h3-8,18,26H,2,9H2,1H3. The number of fused-ring (bicyclic) bond motifs is 3. The van der Waals surface area contributed by atoms with Crippen molar-refractivity contribution in [1.29, 1.82) is 0 Å². The third kappa shape index (κ3) is 4.04. The van der Waals surface area contributed by atoms with Gasteiger partial charge in [-0.15, -0.1) is 0 Å². The highest BCUT2D eigenvalue weighted by atomic mass is 35.5. The van der Waals surface area contributed by atoms with Crippen LogP contribution in [0.4, 0.5) is 13.2 Å². The molecule has 0 aromatic heterocycles. The van der Waals surface area contributed by atoms with Crippen LogP contribution in [0, 0.1) is 0 Å². The summed E-state index contributed by atoms with van der Waals surface area (Å²) in [6, 6.07) is 7.74. The Morgan fingerprint density at radius 1 is 1.07 bits per heavy atom. The first-order valence-electron chi connectivity index (χ1n) is 8.38. The maximum absolute atomic E-state index is 13.2. The van der Waals surface area contributed by atoms with Crippen LogP contribution in [0.3, 0.4) is 0 Å². The number of ether oxygens (including phenoxy) is 1. The van der Waals surface area contributed by atoms with Crippen LogP contribution in [0.5, 0.6) is 0 Å². The van der Waals surface area contributed by atoms with Gasteiger partial charge in [-0.05, 0) is 59.0 Å². The Morgan fingerprint density at radius 2 is 1.75 bits per heavy atom. The van der Waals surface area contributed by atoms with E-state index in [0.717, 1.165) is 12.1 Å². The first kappa shape index (κ1) is 20.7. The Labute approximate surface area is 168 Å². The molecule has 3 nitrogen and oxygen atoms in total. The molecule has 28 heavy (non-hydrogen) atoms. The minimum atomic E-state index is -4.54. The number of alkyl halides is 3. The molecule has 0 amide bonds. The van der Waals surface area contributed by atoms with Crippen molar-refractivity contribution < 1.29 is 27.8 Å². The quantitative estimate of drug-likeness (QED) is 0.389. The van der Waals surface area contributed by atoms with Gasteiger partial charge in [-0.2, -0.15) is 13.2 Å². The van der Waals surface area contributed by atoms with Crippen LogP contribution in [-0.2, 0) is 15.7 Å². The second-order valence-corrected chi connectivity index (χ2v) is 7.08. The minimum Gasteiger partial charge on any atom is -0.466 e. The van der Waals surface area contributed by atoms with Gasteiger partial charge in [0.05, 0.1) is 24.7 Å². The molecule has 0 spiro atoms. The summed E-state index contributed by atoms with van der Waals surface area (Å²) in [6.45, 7) is 1.79. The predicted molar refractivity (Wildman–Crippen MR) is 103 cm³/mol. The van der Waals surface area contributed by atoms with E-state index in [1.54, 1.807) is 13.0 Å². The van der Waals surface area contributed by atoms with Gasteiger partial charge in [0.25, 0.3) is 0 Å². The fourth-order valence-corrected chi connectivity index (χ4v) is 3.69. The molecule has 3 rings (SSSR count). The highest BCUT2D eigenvalue weighted by Gasteiger charge is 2.31. The average Bonchev–Trinajstić information content (AvgIpc) is 2.60. The molecule has 0 fully saturated rings. The molecule has 0 saturated heterocycles. The number of halogens is 5. The lowest BCUT2D eigenvalue weighted by molar-refractivity contribution is -0.145. The summed E-state index contributed by atoms with van der Waals surface area (Å²) in [5.74, 6) is -0.614. The Hall–Kier alpha value is -2.02. The summed E-state index contributed by atoms with van der Waals surface area (Å²) in [4.78, 5) is 11.7. The lowest BCUT2D eigenvalue weighted by atomic mass is 9.92. The maximum atomic E-state index is 13.2. The van der Waals surface area contributed by atoms with E-state index >= 15 is 0 Å². The number of aliphatic hydroxyl groups excluding tert-OH is 1. The van der Waals surface area contributed by atoms with Crippen molar-refractivity contribution in [2.45, 2.75) is 25.6 Å². The minimum absolute atomic E-state index is 0.156. The van der Waals surface area contributed by atoms with Gasteiger partial charge in [-0.1, -0.05) is 29.3 Å². The van der Waals surface area contributed by atoms with E-state index in [-0.39, 0.29) is 34.0 Å². The fraction of sp³-hybridized carbons (Fsp3) is 0.250. The molecule has 1 atom stereocenters. The van der Waals surface area contributed by atoms with Crippen LogP contribution < -0.4 is 0 Å². The molecule has 0 aliphatic heterocycles. The normalized spacial score (nSPS) is 13.1. The van der Waals surface area contributed by atoms with E-state index in [2.05, 4.69) is 0 Å². The molecule has 0 radical (unpaired) electrons. The number of hydrogen-bond acceptors (Lipinski definition) is 3. The van der Waals surface area contributed by atoms with Gasteiger partial charge >= 0.3 is 12.1 Å². The highest BCUT2D eigenvalue weighted by molar-refractivity contribution is 6.39. The first-order chi connectivity index (χ1) is 13.1. The SMILES string of the molecule is CCOC(=O)CC(O)c1cc2c(Cl)cc(Cl)cc2c2cc(C(F)(F)F)ccc12. The molecule has 3 aromatic carbocycles. The Bertz CT molecular complexity index is 1060. The highest BCUT2D eigenvalue weighted by Crippen LogP contribution is 2.40. The molecule has 8 heteroatoms. The number of esters is 1. The van der Waals surface area contributed by atoms with Gasteiger partial charge in [0.1, 0.15) is 0 Å². The molecule has 0 bridgehead atoms. The molecule has 3 aromatic rings. The van der Waals surface area contributed by atoms with Crippen molar-refractivity contribution in [3.05, 3.63) is 57.6 Å². The third-order valence-corrected chi connectivity index (χ3v) is 4.90. The molecule has 0 heterocycles. The van der Waals surface area contributed by atoms with Crippen LogP contribution in [0.15, 0.2) is 36.4 Å². The number of carbonyl (C=O) groups is 1. The van der Waals surface area contributed by atoms with Crippen molar-refractivity contribution >= 4 is 50.7 Å². The van der Waals surface area contributed by atoms with Crippen molar-refractivity contribution in [1.82, 2.24) is 0 Å². The smallest absolute Gasteiger partial charge is 0.416 e. The zero-order valence-electron chi connectivity index (χ0n) is 14.6. The van der Waals surface area contributed by atoms with E-state index in [4.69, 9.17) is 27.9 Å². The molecule has 0 aliphatic rings. The first-order valence-corrected chi connectivity index (χ1v) is 9.13. The van der Waals surface area contributed by atoms with Gasteiger partial charge in [0.15, 0.2) is 0 Å². The summed E-state index contributed by atoms with van der Waals surface area (Å²) >= 11 is 12.3. The summed E-state index contributed by atoms with van der Waals surface area (Å²) in [7, 11) is 0. The van der Waals surface area contributed by atoms with Crippen LogP contribution in [-0.4, -0.2) is 17.7 Å². The Morgan fingerprint density at radius 3 is 2.39 bits per heavy atom. The van der Waals surface area contributed by atoms with Crippen molar-refractivity contribution in [2.24, 2.45) is 0 Å². The molecule has 1 N–H and O–H groups in total. The zero-order chi connectivity index (χ0) is 20.6. The second-order valence-electron chi connectivity index (χ2n) is 6.23. The molecule has 1 unspecified atom stereocenters. The predicted octanol–water partition coefficient (Wildman–Crippen LogP) is 6.31. The molecular formula is C20H15Cl2F3O3. The average molecular weight is 431 g/mol. The van der Waals surface area contributed by atoms with Crippen LogP contribution in [0.2, 0.25) is 10.0 Å². The lowest BCUT2D eigenvalue weighted by Gasteiger charge is -2.17. The maximum Gasteiger partial charge on any atom is 0.416 e. The zero-order valence-corrected chi connectivity index (χ0v) is 16.1.